The van der Waals surface area contributed by atoms with Crippen molar-refractivity contribution in [3.8, 4) is 0 Å². The maximum Gasteiger partial charge on any atom is 0.311 e. The minimum absolute atomic E-state index is 0.0457. The van der Waals surface area contributed by atoms with Gasteiger partial charge in [-0.15, -0.1) is 0 Å². The van der Waals surface area contributed by atoms with E-state index in [2.05, 4.69) is 10.3 Å². The molecular formula is C10H14N4O2S2. The highest BCUT2D eigenvalue weighted by Gasteiger charge is 2.16. The number of nitrogens with zero attached hydrogens (tertiary/aromatic N) is 2. The zero-order chi connectivity index (χ0) is 13.0. The molecule has 1 fully saturated rings. The van der Waals surface area contributed by atoms with Crippen LogP contribution in [0.15, 0.2) is 12.1 Å². The second kappa shape index (κ2) is 6.14. The van der Waals surface area contributed by atoms with Gasteiger partial charge in [-0.3, -0.25) is 10.1 Å². The lowest BCUT2D eigenvalue weighted by molar-refractivity contribution is -0.384. The number of aromatic nitrogens is 1. The van der Waals surface area contributed by atoms with Crippen molar-refractivity contribution in [1.82, 2.24) is 4.98 Å². The maximum atomic E-state index is 10.6. The van der Waals surface area contributed by atoms with Gasteiger partial charge in [-0.1, -0.05) is 0 Å². The largest absolute Gasteiger partial charge is 0.378 e. The molecule has 1 atom stereocenters. The van der Waals surface area contributed by atoms with Crippen molar-refractivity contribution in [3.63, 3.8) is 0 Å². The molecule has 3 N–H and O–H groups in total. The zero-order valence-corrected chi connectivity index (χ0v) is 11.3. The van der Waals surface area contributed by atoms with Gasteiger partial charge in [0, 0.05) is 35.1 Å². The van der Waals surface area contributed by atoms with Crippen LogP contribution in [0, 0.1) is 10.1 Å². The van der Waals surface area contributed by atoms with Crippen LogP contribution >= 0.6 is 23.5 Å². The topological polar surface area (TPSA) is 94.1 Å². The van der Waals surface area contributed by atoms with E-state index in [9.17, 15) is 10.1 Å². The first-order valence-electron chi connectivity index (χ1n) is 5.51. The fourth-order valence-corrected chi connectivity index (χ4v) is 4.21. The lowest BCUT2D eigenvalue weighted by Gasteiger charge is -2.21. The standard InChI is InChI=1S/C10H14N4O2S2/c11-10-8(14(15)16)1-2-9(13-10)12-5-7-6-17-3-4-18-7/h1-2,7H,3-6H2,(H3,11,12,13). The fraction of sp³-hybridized carbons (Fsp3) is 0.500. The van der Waals surface area contributed by atoms with E-state index in [-0.39, 0.29) is 11.5 Å². The van der Waals surface area contributed by atoms with Crippen molar-refractivity contribution in [1.29, 1.82) is 0 Å². The molecule has 0 spiro atoms. The summed E-state index contributed by atoms with van der Waals surface area (Å²) in [6, 6.07) is 2.97. The predicted molar refractivity (Wildman–Crippen MR) is 77.4 cm³/mol. The van der Waals surface area contributed by atoms with E-state index in [0.717, 1.165) is 12.3 Å². The molecule has 2 heterocycles. The Labute approximate surface area is 113 Å². The number of nitrogens with one attached hydrogen (secondary N) is 1. The normalized spacial score (nSPS) is 19.4. The van der Waals surface area contributed by atoms with E-state index >= 15 is 0 Å². The molecular weight excluding hydrogens is 272 g/mol. The number of nitro groups is 1. The van der Waals surface area contributed by atoms with Crippen molar-refractivity contribution in [2.75, 3.05) is 34.9 Å². The fourth-order valence-electron chi connectivity index (χ4n) is 1.59. The van der Waals surface area contributed by atoms with E-state index < -0.39 is 4.92 Å². The molecule has 1 aliphatic heterocycles. The summed E-state index contributed by atoms with van der Waals surface area (Å²) in [6.07, 6.45) is 0. The van der Waals surface area contributed by atoms with Gasteiger partial charge in [-0.25, -0.2) is 4.98 Å². The molecule has 8 heteroatoms. The molecule has 98 valence electrons. The third-order valence-corrected chi connectivity index (χ3v) is 5.34. The SMILES string of the molecule is Nc1nc(NCC2CSCCS2)ccc1[N+](=O)[O-]. The third kappa shape index (κ3) is 3.42. The van der Waals surface area contributed by atoms with Crippen LogP contribution in [-0.2, 0) is 0 Å². The predicted octanol–water partition coefficient (Wildman–Crippen LogP) is 1.83. The molecule has 0 amide bonds. The van der Waals surface area contributed by atoms with Crippen molar-refractivity contribution < 1.29 is 4.92 Å². The first-order chi connectivity index (χ1) is 8.66. The highest BCUT2D eigenvalue weighted by atomic mass is 32.2. The molecule has 0 aliphatic carbocycles. The second-order valence-electron chi connectivity index (χ2n) is 3.81. The van der Waals surface area contributed by atoms with E-state index in [1.54, 1.807) is 6.07 Å². The van der Waals surface area contributed by atoms with Gasteiger partial charge in [0.2, 0.25) is 5.82 Å². The smallest absolute Gasteiger partial charge is 0.311 e. The summed E-state index contributed by atoms with van der Waals surface area (Å²) in [6.45, 7) is 0.807. The molecule has 6 nitrogen and oxygen atoms in total. The number of rotatable bonds is 4. The first-order valence-corrected chi connectivity index (χ1v) is 7.71. The van der Waals surface area contributed by atoms with Crippen LogP contribution in [0.3, 0.4) is 0 Å². The third-order valence-electron chi connectivity index (χ3n) is 2.49. The number of nitrogens with two attached hydrogens (primary N) is 1. The molecule has 0 bridgehead atoms. The summed E-state index contributed by atoms with van der Waals surface area (Å²) >= 11 is 3.90. The van der Waals surface area contributed by atoms with Gasteiger partial charge < -0.3 is 11.1 Å². The van der Waals surface area contributed by atoms with E-state index in [4.69, 9.17) is 5.73 Å². The Morgan fingerprint density at radius 2 is 2.39 bits per heavy atom. The van der Waals surface area contributed by atoms with Crippen LogP contribution in [0.5, 0.6) is 0 Å². The molecule has 0 saturated carbocycles. The Morgan fingerprint density at radius 3 is 3.00 bits per heavy atom. The number of thioether (sulfide) groups is 2. The Bertz CT molecular complexity index is 438. The molecule has 0 radical (unpaired) electrons. The van der Waals surface area contributed by atoms with Crippen molar-refractivity contribution >= 4 is 40.8 Å². The van der Waals surface area contributed by atoms with Gasteiger partial charge in [-0.05, 0) is 6.07 Å². The Balaban J connectivity index is 1.93. The zero-order valence-electron chi connectivity index (χ0n) is 9.67. The van der Waals surface area contributed by atoms with Gasteiger partial charge in [0.25, 0.3) is 0 Å². The highest BCUT2D eigenvalue weighted by Crippen LogP contribution is 2.25. The number of anilines is 2. The Kier molecular flexibility index (Phi) is 4.54. The Morgan fingerprint density at radius 1 is 1.56 bits per heavy atom. The number of pyridine rings is 1. The summed E-state index contributed by atoms with van der Waals surface area (Å²) in [7, 11) is 0. The first kappa shape index (κ1) is 13.3. The number of hydrogen-bond acceptors (Lipinski definition) is 7. The monoisotopic (exact) mass is 286 g/mol. The molecule has 1 aromatic heterocycles. The van der Waals surface area contributed by atoms with Crippen molar-refractivity contribution in [3.05, 3.63) is 22.2 Å². The average Bonchev–Trinajstić information content (AvgIpc) is 2.37. The van der Waals surface area contributed by atoms with Crippen LogP contribution in [0.25, 0.3) is 0 Å². The summed E-state index contributed by atoms with van der Waals surface area (Å²) in [5.41, 5.74) is 5.38. The maximum absolute atomic E-state index is 10.6. The summed E-state index contributed by atoms with van der Waals surface area (Å²) in [4.78, 5) is 14.1. The van der Waals surface area contributed by atoms with Gasteiger partial charge in [0.15, 0.2) is 0 Å². The van der Waals surface area contributed by atoms with Crippen LogP contribution in [0.2, 0.25) is 0 Å². The summed E-state index contributed by atoms with van der Waals surface area (Å²) in [5.74, 6) is 4.06. The summed E-state index contributed by atoms with van der Waals surface area (Å²) < 4.78 is 0. The van der Waals surface area contributed by atoms with E-state index in [1.165, 1.54) is 17.6 Å². The van der Waals surface area contributed by atoms with Gasteiger partial charge >= 0.3 is 5.69 Å². The van der Waals surface area contributed by atoms with Crippen LogP contribution in [0.4, 0.5) is 17.3 Å². The van der Waals surface area contributed by atoms with Gasteiger partial charge in [0.1, 0.15) is 5.82 Å². The average molecular weight is 286 g/mol. The summed E-state index contributed by atoms with van der Waals surface area (Å²) in [5, 5.41) is 14.3. The number of nitrogen functional groups attached to an aromatic ring is 1. The highest BCUT2D eigenvalue weighted by molar-refractivity contribution is 8.06. The van der Waals surface area contributed by atoms with Gasteiger partial charge in [-0.2, -0.15) is 23.5 Å². The van der Waals surface area contributed by atoms with Gasteiger partial charge in [0.05, 0.1) is 4.92 Å². The van der Waals surface area contributed by atoms with Crippen molar-refractivity contribution in [2.24, 2.45) is 0 Å². The molecule has 18 heavy (non-hydrogen) atoms. The molecule has 0 aromatic carbocycles. The van der Waals surface area contributed by atoms with Crippen LogP contribution in [-0.4, -0.2) is 39.0 Å². The minimum atomic E-state index is -0.528. The lowest BCUT2D eigenvalue weighted by atomic mass is 10.3. The van der Waals surface area contributed by atoms with Crippen LogP contribution in [0.1, 0.15) is 0 Å². The molecule has 1 aliphatic rings. The van der Waals surface area contributed by atoms with Crippen molar-refractivity contribution in [2.45, 2.75) is 5.25 Å². The molecule has 1 unspecified atom stereocenters. The number of hydrogen-bond donors (Lipinski definition) is 2. The molecule has 1 aromatic rings. The second-order valence-corrected chi connectivity index (χ2v) is 6.36. The molecule has 2 rings (SSSR count). The quantitative estimate of drug-likeness (QED) is 0.644. The minimum Gasteiger partial charge on any atom is -0.378 e. The van der Waals surface area contributed by atoms with Crippen LogP contribution < -0.4 is 11.1 Å². The van der Waals surface area contributed by atoms with E-state index in [1.807, 2.05) is 23.5 Å². The molecule has 1 saturated heterocycles. The lowest BCUT2D eigenvalue weighted by Crippen LogP contribution is -2.23. The Hall–Kier alpha value is -1.15. The van der Waals surface area contributed by atoms with E-state index in [0.29, 0.717) is 11.1 Å².